The van der Waals surface area contributed by atoms with E-state index in [0.29, 0.717) is 35.1 Å². The van der Waals surface area contributed by atoms with Crippen molar-refractivity contribution in [2.45, 2.75) is 26.2 Å². The number of benzene rings is 2. The van der Waals surface area contributed by atoms with Gasteiger partial charge in [0.1, 0.15) is 11.6 Å². The first-order valence-electron chi connectivity index (χ1n) is 9.16. The van der Waals surface area contributed by atoms with Crippen LogP contribution in [-0.2, 0) is 16.0 Å². The standard InChI is InChI=1S/C23H21FO5/c1-23(22(28)29)13-16(21(26)27)12-15(10-9-14-5-4-6-17(24)11-14)20(23)18-7-2-3-8-19(18)25/h2-8,11-12,25H,9-10,13H2,1H3,(H,26,27)(H,28,29). The highest BCUT2D eigenvalue weighted by atomic mass is 19.1. The molecule has 0 aliphatic heterocycles. The number of hydrogen-bond acceptors (Lipinski definition) is 3. The minimum atomic E-state index is -1.53. The molecule has 29 heavy (non-hydrogen) atoms. The van der Waals surface area contributed by atoms with E-state index in [-0.39, 0.29) is 23.6 Å². The molecule has 1 aliphatic carbocycles. The van der Waals surface area contributed by atoms with Gasteiger partial charge in [0.2, 0.25) is 0 Å². The van der Waals surface area contributed by atoms with Gasteiger partial charge in [-0.25, -0.2) is 9.18 Å². The van der Waals surface area contributed by atoms with E-state index < -0.39 is 17.4 Å². The molecule has 0 heterocycles. The summed E-state index contributed by atoms with van der Waals surface area (Å²) in [6.07, 6.45) is 1.97. The molecular formula is C23H21FO5. The summed E-state index contributed by atoms with van der Waals surface area (Å²) in [4.78, 5) is 23.9. The Labute approximate surface area is 167 Å². The zero-order chi connectivity index (χ0) is 21.2. The van der Waals surface area contributed by atoms with Gasteiger partial charge in [0.25, 0.3) is 0 Å². The number of carboxylic acids is 2. The lowest BCUT2D eigenvalue weighted by Gasteiger charge is -2.34. The third kappa shape index (κ3) is 4.06. The van der Waals surface area contributed by atoms with E-state index in [4.69, 9.17) is 0 Å². The van der Waals surface area contributed by atoms with Crippen LogP contribution in [0.2, 0.25) is 0 Å². The van der Waals surface area contributed by atoms with Gasteiger partial charge in [-0.3, -0.25) is 4.79 Å². The Hall–Kier alpha value is -3.41. The van der Waals surface area contributed by atoms with E-state index in [1.54, 1.807) is 30.3 Å². The quantitative estimate of drug-likeness (QED) is 0.672. The largest absolute Gasteiger partial charge is 0.507 e. The summed E-state index contributed by atoms with van der Waals surface area (Å²) in [6, 6.07) is 12.5. The fourth-order valence-electron chi connectivity index (χ4n) is 3.80. The van der Waals surface area contributed by atoms with E-state index in [1.165, 1.54) is 31.2 Å². The second kappa shape index (κ2) is 7.91. The molecule has 0 bridgehead atoms. The van der Waals surface area contributed by atoms with Gasteiger partial charge < -0.3 is 15.3 Å². The number of carbonyl (C=O) groups is 2. The Balaban J connectivity index is 2.17. The van der Waals surface area contributed by atoms with E-state index in [1.807, 2.05) is 0 Å². The highest BCUT2D eigenvalue weighted by molar-refractivity contribution is 6.00. The predicted octanol–water partition coefficient (Wildman–Crippen LogP) is 4.42. The minimum Gasteiger partial charge on any atom is -0.507 e. The normalized spacial score (nSPS) is 19.0. The maximum atomic E-state index is 13.5. The molecule has 1 atom stereocenters. The molecule has 3 N–H and O–H groups in total. The lowest BCUT2D eigenvalue weighted by molar-refractivity contribution is -0.144. The first-order chi connectivity index (χ1) is 13.7. The Kier molecular flexibility index (Phi) is 5.55. The van der Waals surface area contributed by atoms with Crippen molar-refractivity contribution in [1.82, 2.24) is 0 Å². The topological polar surface area (TPSA) is 94.8 Å². The number of carboxylic acid groups (broad SMARTS) is 2. The van der Waals surface area contributed by atoms with Gasteiger partial charge in [-0.1, -0.05) is 30.3 Å². The summed E-state index contributed by atoms with van der Waals surface area (Å²) in [5.41, 5.74) is 0.407. The van der Waals surface area contributed by atoms with Gasteiger partial charge >= 0.3 is 11.9 Å². The molecule has 3 rings (SSSR count). The molecule has 0 amide bonds. The van der Waals surface area contributed by atoms with Gasteiger partial charge in [-0.15, -0.1) is 0 Å². The van der Waals surface area contributed by atoms with Crippen LogP contribution in [-0.4, -0.2) is 27.3 Å². The second-order valence-electron chi connectivity index (χ2n) is 7.34. The van der Waals surface area contributed by atoms with Crippen LogP contribution in [0.1, 0.15) is 30.9 Å². The van der Waals surface area contributed by atoms with Crippen LogP contribution in [0.4, 0.5) is 4.39 Å². The average Bonchev–Trinajstić information content (AvgIpc) is 2.67. The fourth-order valence-corrected chi connectivity index (χ4v) is 3.80. The molecule has 0 fully saturated rings. The van der Waals surface area contributed by atoms with Crippen LogP contribution in [0, 0.1) is 11.2 Å². The van der Waals surface area contributed by atoms with E-state index in [2.05, 4.69) is 0 Å². The van der Waals surface area contributed by atoms with Crippen molar-refractivity contribution < 1.29 is 29.3 Å². The zero-order valence-corrected chi connectivity index (χ0v) is 15.9. The maximum Gasteiger partial charge on any atom is 0.331 e. The molecule has 2 aromatic rings. The Morgan fingerprint density at radius 2 is 1.79 bits per heavy atom. The molecule has 1 aliphatic rings. The third-order valence-corrected chi connectivity index (χ3v) is 5.26. The number of para-hydroxylation sites is 1. The predicted molar refractivity (Wildman–Crippen MR) is 106 cm³/mol. The molecule has 5 nitrogen and oxygen atoms in total. The number of aliphatic carboxylic acids is 2. The second-order valence-corrected chi connectivity index (χ2v) is 7.34. The van der Waals surface area contributed by atoms with E-state index in [9.17, 15) is 29.3 Å². The monoisotopic (exact) mass is 396 g/mol. The van der Waals surface area contributed by atoms with Crippen molar-refractivity contribution in [3.05, 3.63) is 82.7 Å². The van der Waals surface area contributed by atoms with Gasteiger partial charge in [-0.05, 0) is 67.2 Å². The van der Waals surface area contributed by atoms with Gasteiger partial charge in [-0.2, -0.15) is 0 Å². The maximum absolute atomic E-state index is 13.5. The van der Waals surface area contributed by atoms with Crippen molar-refractivity contribution in [2.75, 3.05) is 0 Å². The first-order valence-corrected chi connectivity index (χ1v) is 9.16. The molecule has 0 aromatic heterocycles. The molecule has 2 aromatic carbocycles. The van der Waals surface area contributed by atoms with Crippen LogP contribution in [0.15, 0.2) is 65.8 Å². The number of phenols is 1. The van der Waals surface area contributed by atoms with Crippen molar-refractivity contribution in [2.24, 2.45) is 5.41 Å². The van der Waals surface area contributed by atoms with Gasteiger partial charge in [0.05, 0.1) is 5.41 Å². The summed E-state index contributed by atoms with van der Waals surface area (Å²) in [6.45, 7) is 1.47. The molecule has 0 spiro atoms. The van der Waals surface area contributed by atoms with Gasteiger partial charge in [0, 0.05) is 11.1 Å². The average molecular weight is 396 g/mol. The van der Waals surface area contributed by atoms with E-state index in [0.717, 1.165) is 0 Å². The van der Waals surface area contributed by atoms with Crippen molar-refractivity contribution in [3.8, 4) is 5.75 Å². The smallest absolute Gasteiger partial charge is 0.331 e. The summed E-state index contributed by atoms with van der Waals surface area (Å²) in [7, 11) is 0. The summed E-state index contributed by atoms with van der Waals surface area (Å²) in [5, 5.41) is 29.9. The molecule has 0 radical (unpaired) electrons. The minimum absolute atomic E-state index is 0.0108. The number of aromatic hydroxyl groups is 1. The van der Waals surface area contributed by atoms with Crippen molar-refractivity contribution in [3.63, 3.8) is 0 Å². The number of aryl methyl sites for hydroxylation is 1. The fraction of sp³-hybridized carbons (Fsp3) is 0.217. The SMILES string of the molecule is CC1(C(=O)O)CC(C(=O)O)=CC(CCc2cccc(F)c2)=C1c1ccccc1O. The Bertz CT molecular complexity index is 1040. The third-order valence-electron chi connectivity index (χ3n) is 5.26. The van der Waals surface area contributed by atoms with Crippen molar-refractivity contribution >= 4 is 17.5 Å². The summed E-state index contributed by atoms with van der Waals surface area (Å²) in [5.74, 6) is -2.81. The van der Waals surface area contributed by atoms with Crippen LogP contribution < -0.4 is 0 Å². The number of hydrogen-bond donors (Lipinski definition) is 3. The number of halogens is 1. The van der Waals surface area contributed by atoms with E-state index >= 15 is 0 Å². The Morgan fingerprint density at radius 3 is 2.41 bits per heavy atom. The lowest BCUT2D eigenvalue weighted by atomic mass is 9.68. The molecule has 0 saturated carbocycles. The first kappa shape index (κ1) is 20.3. The summed E-state index contributed by atoms with van der Waals surface area (Å²) < 4.78 is 13.5. The van der Waals surface area contributed by atoms with Crippen molar-refractivity contribution in [1.29, 1.82) is 0 Å². The highest BCUT2D eigenvalue weighted by Gasteiger charge is 2.44. The lowest BCUT2D eigenvalue weighted by Crippen LogP contribution is -2.34. The van der Waals surface area contributed by atoms with Crippen LogP contribution in [0.5, 0.6) is 5.75 Å². The number of phenolic OH excluding ortho intramolecular Hbond substituents is 1. The Morgan fingerprint density at radius 1 is 1.07 bits per heavy atom. The highest BCUT2D eigenvalue weighted by Crippen LogP contribution is 2.49. The summed E-state index contributed by atoms with van der Waals surface area (Å²) >= 11 is 0. The molecule has 1 unspecified atom stereocenters. The van der Waals surface area contributed by atoms with Crippen LogP contribution in [0.3, 0.4) is 0 Å². The number of rotatable bonds is 6. The van der Waals surface area contributed by atoms with Crippen LogP contribution >= 0.6 is 0 Å². The number of allylic oxidation sites excluding steroid dienone is 2. The zero-order valence-electron chi connectivity index (χ0n) is 15.9. The van der Waals surface area contributed by atoms with Crippen LogP contribution in [0.25, 0.3) is 5.57 Å². The molecular weight excluding hydrogens is 375 g/mol. The molecule has 150 valence electrons. The molecule has 6 heteroatoms. The van der Waals surface area contributed by atoms with Gasteiger partial charge in [0.15, 0.2) is 0 Å². The molecule has 0 saturated heterocycles.